The van der Waals surface area contributed by atoms with Gasteiger partial charge in [0.05, 0.1) is 18.8 Å². The van der Waals surface area contributed by atoms with Crippen molar-refractivity contribution in [3.05, 3.63) is 41.2 Å². The fraction of sp³-hybridized carbons (Fsp3) is 0.444. The third kappa shape index (κ3) is 4.05. The Morgan fingerprint density at radius 3 is 2.74 bits per heavy atom. The number of hydrogen-bond donors (Lipinski definition) is 0. The van der Waals surface area contributed by atoms with Crippen molar-refractivity contribution in [3.8, 4) is 5.75 Å². The Bertz CT molecular complexity index is 832. The van der Waals surface area contributed by atoms with Gasteiger partial charge >= 0.3 is 0 Å². The van der Waals surface area contributed by atoms with Crippen LogP contribution in [0.25, 0.3) is 0 Å². The van der Waals surface area contributed by atoms with Crippen LogP contribution >= 0.6 is 11.6 Å². The largest absolute Gasteiger partial charge is 0.484 e. The average Bonchev–Trinajstić information content (AvgIpc) is 3.23. The van der Waals surface area contributed by atoms with Crippen LogP contribution in [-0.4, -0.2) is 62.8 Å². The molecule has 0 radical (unpaired) electrons. The Balaban J connectivity index is 1.23. The maximum Gasteiger partial charge on any atom is 0.260 e. The first-order valence-electron chi connectivity index (χ1n) is 8.93. The topological polar surface area (TPSA) is 80.6 Å². The molecule has 0 saturated carbocycles. The van der Waals surface area contributed by atoms with E-state index in [1.54, 1.807) is 38.7 Å². The number of carbonyl (C=O) groups is 2. The minimum atomic E-state index is -0.0656. The Labute approximate surface area is 161 Å². The van der Waals surface area contributed by atoms with Crippen molar-refractivity contribution < 1.29 is 14.3 Å². The molecule has 1 aromatic heterocycles. The summed E-state index contributed by atoms with van der Waals surface area (Å²) in [6, 6.07) is 7.02. The van der Waals surface area contributed by atoms with Gasteiger partial charge in [-0.15, -0.1) is 5.10 Å². The van der Waals surface area contributed by atoms with E-state index in [9.17, 15) is 9.59 Å². The number of hydrogen-bond acceptors (Lipinski definition) is 5. The highest BCUT2D eigenvalue weighted by atomic mass is 35.5. The van der Waals surface area contributed by atoms with Crippen molar-refractivity contribution >= 4 is 23.4 Å². The first kappa shape index (κ1) is 17.8. The molecule has 2 aromatic rings. The fourth-order valence-corrected chi connectivity index (χ4v) is 3.35. The van der Waals surface area contributed by atoms with E-state index >= 15 is 0 Å². The maximum atomic E-state index is 12.2. The molecule has 0 spiro atoms. The molecule has 4 rings (SSSR count). The summed E-state index contributed by atoms with van der Waals surface area (Å²) < 4.78 is 7.26. The summed E-state index contributed by atoms with van der Waals surface area (Å²) in [5.41, 5.74) is 0.779. The third-order valence-corrected chi connectivity index (χ3v) is 5.10. The summed E-state index contributed by atoms with van der Waals surface area (Å²) in [7, 11) is 0. The second-order valence-corrected chi connectivity index (χ2v) is 7.24. The van der Waals surface area contributed by atoms with Crippen LogP contribution in [0.1, 0.15) is 24.6 Å². The smallest absolute Gasteiger partial charge is 0.260 e. The van der Waals surface area contributed by atoms with Crippen molar-refractivity contribution in [2.75, 3.05) is 26.2 Å². The summed E-state index contributed by atoms with van der Waals surface area (Å²) >= 11 is 5.82. The lowest BCUT2D eigenvalue weighted by atomic mass is 10.1. The highest BCUT2D eigenvalue weighted by Gasteiger charge is 2.33. The van der Waals surface area contributed by atoms with E-state index in [2.05, 4.69) is 10.3 Å². The summed E-state index contributed by atoms with van der Waals surface area (Å²) in [6.07, 6.45) is 3.39. The van der Waals surface area contributed by atoms with E-state index in [-0.39, 0.29) is 24.5 Å². The van der Waals surface area contributed by atoms with Gasteiger partial charge in [0, 0.05) is 31.1 Å². The van der Waals surface area contributed by atoms with Gasteiger partial charge in [-0.2, -0.15) is 0 Å². The van der Waals surface area contributed by atoms with Crippen LogP contribution < -0.4 is 4.74 Å². The van der Waals surface area contributed by atoms with Crippen LogP contribution in [0.2, 0.25) is 5.02 Å². The Morgan fingerprint density at radius 1 is 1.26 bits per heavy atom. The van der Waals surface area contributed by atoms with Gasteiger partial charge in [-0.25, -0.2) is 4.68 Å². The van der Waals surface area contributed by atoms with Crippen LogP contribution in [0.15, 0.2) is 30.5 Å². The average molecular weight is 390 g/mol. The molecule has 2 saturated heterocycles. The molecule has 1 aromatic carbocycles. The molecule has 2 aliphatic heterocycles. The van der Waals surface area contributed by atoms with Crippen molar-refractivity contribution in [1.82, 2.24) is 24.8 Å². The van der Waals surface area contributed by atoms with E-state index < -0.39 is 0 Å². The molecule has 2 amide bonds. The van der Waals surface area contributed by atoms with E-state index in [1.165, 1.54) is 0 Å². The zero-order valence-corrected chi connectivity index (χ0v) is 15.5. The third-order valence-electron chi connectivity index (χ3n) is 4.85. The molecule has 8 nitrogen and oxygen atoms in total. The highest BCUT2D eigenvalue weighted by Crippen LogP contribution is 2.22. The zero-order chi connectivity index (χ0) is 18.8. The van der Waals surface area contributed by atoms with Gasteiger partial charge in [0.1, 0.15) is 11.4 Å². The van der Waals surface area contributed by atoms with Crippen LogP contribution in [-0.2, 0) is 16.1 Å². The molecule has 2 aliphatic rings. The van der Waals surface area contributed by atoms with Gasteiger partial charge in [-0.1, -0.05) is 16.8 Å². The predicted molar refractivity (Wildman–Crippen MR) is 97.2 cm³/mol. The highest BCUT2D eigenvalue weighted by molar-refractivity contribution is 6.30. The minimum Gasteiger partial charge on any atom is -0.484 e. The summed E-state index contributed by atoms with van der Waals surface area (Å²) in [6.45, 7) is 2.44. The van der Waals surface area contributed by atoms with Gasteiger partial charge in [0.2, 0.25) is 5.91 Å². The first-order chi connectivity index (χ1) is 13.1. The van der Waals surface area contributed by atoms with Crippen molar-refractivity contribution in [3.63, 3.8) is 0 Å². The van der Waals surface area contributed by atoms with Gasteiger partial charge in [-0.05, 0) is 30.7 Å². The van der Waals surface area contributed by atoms with Gasteiger partial charge in [-0.3, -0.25) is 9.59 Å². The number of halogens is 1. The molecule has 2 fully saturated rings. The Kier molecular flexibility index (Phi) is 4.98. The number of carbonyl (C=O) groups excluding carboxylic acids is 2. The van der Waals surface area contributed by atoms with Crippen LogP contribution in [0, 0.1) is 0 Å². The van der Waals surface area contributed by atoms with Gasteiger partial charge < -0.3 is 14.5 Å². The second-order valence-electron chi connectivity index (χ2n) is 6.80. The maximum absolute atomic E-state index is 12.2. The van der Waals surface area contributed by atoms with E-state index in [0.717, 1.165) is 18.7 Å². The van der Waals surface area contributed by atoms with E-state index in [4.69, 9.17) is 16.3 Å². The van der Waals surface area contributed by atoms with Gasteiger partial charge in [0.15, 0.2) is 6.61 Å². The lowest BCUT2D eigenvalue weighted by molar-refractivity contribution is -0.139. The Morgan fingerprint density at radius 2 is 2.04 bits per heavy atom. The molecule has 0 unspecified atom stereocenters. The molecule has 142 valence electrons. The zero-order valence-electron chi connectivity index (χ0n) is 14.8. The second kappa shape index (κ2) is 7.56. The van der Waals surface area contributed by atoms with Crippen molar-refractivity contribution in [1.29, 1.82) is 0 Å². The monoisotopic (exact) mass is 389 g/mol. The molecule has 0 aliphatic carbocycles. The lowest BCUT2D eigenvalue weighted by Crippen LogP contribution is -2.52. The standard InChI is InChI=1S/C18H20ClN5O3/c19-13-3-5-16(6-4-13)27-12-18(26)23-10-15(11-23)24-9-14(20-21-24)8-22-7-1-2-17(22)25/h3-6,9,15H,1-2,7-8,10-12H2. The molecule has 27 heavy (non-hydrogen) atoms. The fourth-order valence-electron chi connectivity index (χ4n) is 3.22. The normalized spacial score (nSPS) is 17.3. The molecule has 0 atom stereocenters. The summed E-state index contributed by atoms with van der Waals surface area (Å²) in [5.74, 6) is 0.719. The number of nitrogens with zero attached hydrogens (tertiary/aromatic N) is 5. The van der Waals surface area contributed by atoms with Crippen LogP contribution in [0.4, 0.5) is 0 Å². The molecule has 3 heterocycles. The number of aromatic nitrogens is 3. The Hall–Kier alpha value is -2.61. The number of amides is 2. The van der Waals surface area contributed by atoms with Crippen molar-refractivity contribution in [2.45, 2.75) is 25.4 Å². The van der Waals surface area contributed by atoms with Crippen molar-refractivity contribution in [2.24, 2.45) is 0 Å². The van der Waals surface area contributed by atoms with Crippen LogP contribution in [0.3, 0.4) is 0 Å². The SMILES string of the molecule is O=C1CCCN1Cc1cn(C2CN(C(=O)COc3ccc(Cl)cc3)C2)nn1. The molecule has 0 N–H and O–H groups in total. The molecule has 0 bridgehead atoms. The first-order valence-corrected chi connectivity index (χ1v) is 9.31. The predicted octanol–water partition coefficient (Wildman–Crippen LogP) is 1.52. The molecule has 9 heteroatoms. The minimum absolute atomic E-state index is 0.00592. The summed E-state index contributed by atoms with van der Waals surface area (Å²) in [4.78, 5) is 27.4. The number of ether oxygens (including phenoxy) is 1. The quantitative estimate of drug-likeness (QED) is 0.748. The van der Waals surface area contributed by atoms with E-state index in [1.807, 2.05) is 6.20 Å². The summed E-state index contributed by atoms with van der Waals surface area (Å²) in [5, 5.41) is 8.92. The van der Waals surface area contributed by atoms with Crippen LogP contribution in [0.5, 0.6) is 5.75 Å². The number of rotatable bonds is 6. The number of benzene rings is 1. The lowest BCUT2D eigenvalue weighted by Gasteiger charge is -2.38. The van der Waals surface area contributed by atoms with E-state index in [0.29, 0.717) is 36.8 Å². The molecular weight excluding hydrogens is 370 g/mol. The van der Waals surface area contributed by atoms with Gasteiger partial charge in [0.25, 0.3) is 5.91 Å². The molecular formula is C18H20ClN5O3. The number of likely N-dealkylation sites (tertiary alicyclic amines) is 2.